The Morgan fingerprint density at radius 3 is 2.66 bits per heavy atom. The van der Waals surface area contributed by atoms with Gasteiger partial charge in [-0.1, -0.05) is 11.6 Å². The first-order valence-corrected chi connectivity index (χ1v) is 13.5. The van der Waals surface area contributed by atoms with Crippen molar-refractivity contribution in [3.63, 3.8) is 0 Å². The van der Waals surface area contributed by atoms with E-state index in [4.69, 9.17) is 11.6 Å². The van der Waals surface area contributed by atoms with Crippen LogP contribution in [0.15, 0.2) is 35.2 Å². The van der Waals surface area contributed by atoms with Crippen molar-refractivity contribution in [3.8, 4) is 6.07 Å². The molecule has 10 nitrogen and oxygen atoms in total. The number of aromatic nitrogens is 1. The van der Waals surface area contributed by atoms with Gasteiger partial charge in [-0.2, -0.15) is 5.26 Å². The molecule has 0 spiro atoms. The van der Waals surface area contributed by atoms with Crippen LogP contribution in [-0.4, -0.2) is 73.8 Å². The maximum absolute atomic E-state index is 13.4. The molecule has 1 aromatic heterocycles. The molecular weight excluding hydrogens is 492 g/mol. The molecule has 3 aliphatic heterocycles. The van der Waals surface area contributed by atoms with Gasteiger partial charge in [0.05, 0.1) is 20.1 Å². The molecule has 184 valence electrons. The number of anilines is 2. The lowest BCUT2D eigenvalue weighted by Gasteiger charge is -2.39. The molecule has 3 fully saturated rings. The molecule has 12 heteroatoms. The minimum absolute atomic E-state index is 0.114. The van der Waals surface area contributed by atoms with Gasteiger partial charge in [-0.25, -0.2) is 13.4 Å². The predicted octanol–water partition coefficient (Wildman–Crippen LogP) is 2.85. The van der Waals surface area contributed by atoms with Crippen molar-refractivity contribution in [3.05, 3.63) is 51.2 Å². The fourth-order valence-corrected chi connectivity index (χ4v) is 7.60. The Morgan fingerprint density at radius 1 is 1.09 bits per heavy atom. The van der Waals surface area contributed by atoms with E-state index in [9.17, 15) is 23.8 Å². The summed E-state index contributed by atoms with van der Waals surface area (Å²) in [4.78, 5) is 21.1. The summed E-state index contributed by atoms with van der Waals surface area (Å²) in [6, 6.07) is 10.2. The van der Waals surface area contributed by atoms with Crippen LogP contribution < -0.4 is 9.80 Å². The molecule has 0 aliphatic carbocycles. The molecular formula is C23H25ClN6O4S. The van der Waals surface area contributed by atoms with E-state index in [2.05, 4.69) is 14.8 Å². The van der Waals surface area contributed by atoms with E-state index in [-0.39, 0.29) is 27.8 Å². The molecule has 0 amide bonds. The lowest BCUT2D eigenvalue weighted by Crippen LogP contribution is -2.50. The van der Waals surface area contributed by atoms with E-state index in [0.717, 1.165) is 31.9 Å². The zero-order valence-corrected chi connectivity index (χ0v) is 20.6. The molecule has 0 saturated carbocycles. The number of piperazine rings is 1. The Bertz CT molecular complexity index is 1310. The number of sulfone groups is 1. The van der Waals surface area contributed by atoms with Crippen LogP contribution in [0.2, 0.25) is 5.02 Å². The van der Waals surface area contributed by atoms with E-state index in [1.165, 1.54) is 25.0 Å². The van der Waals surface area contributed by atoms with E-state index < -0.39 is 20.0 Å². The smallest absolute Gasteiger partial charge is 0.305 e. The summed E-state index contributed by atoms with van der Waals surface area (Å²) < 4.78 is 26.9. The molecule has 3 aliphatic rings. The predicted molar refractivity (Wildman–Crippen MR) is 132 cm³/mol. The van der Waals surface area contributed by atoms with Gasteiger partial charge < -0.3 is 9.80 Å². The van der Waals surface area contributed by atoms with Gasteiger partial charge in [0.2, 0.25) is 5.69 Å². The standard InChI is InChI=1S/C23H25ClN6O4S/c24-19-12-16(28-11-10-27-8-1-2-17(27)14-28)3-5-22(19)35(33,34)18-7-9-29(15-18)23-6-4-21(30(31)32)20(13-25)26-23/h3-6,12,17-18H,1-2,7-11,14-15H2/t17-,18?/m0/s1. The molecule has 2 atom stereocenters. The van der Waals surface area contributed by atoms with E-state index >= 15 is 0 Å². The zero-order valence-electron chi connectivity index (χ0n) is 19.0. The number of fused-ring (bicyclic) bond motifs is 1. The maximum Gasteiger partial charge on any atom is 0.305 e. The van der Waals surface area contributed by atoms with E-state index in [0.29, 0.717) is 24.8 Å². The molecule has 0 bridgehead atoms. The number of nitro groups is 1. The fourth-order valence-electron chi connectivity index (χ4n) is 5.36. The van der Waals surface area contributed by atoms with Crippen LogP contribution in [-0.2, 0) is 9.84 Å². The van der Waals surface area contributed by atoms with Gasteiger partial charge in [0, 0.05) is 50.5 Å². The third kappa shape index (κ3) is 4.42. The Kier molecular flexibility index (Phi) is 6.29. The van der Waals surface area contributed by atoms with Crippen LogP contribution in [0.25, 0.3) is 0 Å². The number of hydrogen-bond donors (Lipinski definition) is 0. The van der Waals surface area contributed by atoms with Crippen molar-refractivity contribution in [2.24, 2.45) is 0 Å². The third-order valence-electron chi connectivity index (χ3n) is 7.24. The molecule has 35 heavy (non-hydrogen) atoms. The highest BCUT2D eigenvalue weighted by molar-refractivity contribution is 7.92. The molecule has 2 aromatic rings. The zero-order chi connectivity index (χ0) is 24.7. The Hall–Kier alpha value is -2.94. The Labute approximate surface area is 208 Å². The van der Waals surface area contributed by atoms with Crippen molar-refractivity contribution in [2.75, 3.05) is 49.1 Å². The van der Waals surface area contributed by atoms with Crippen LogP contribution in [0.5, 0.6) is 0 Å². The first kappa shape index (κ1) is 23.8. The molecule has 4 heterocycles. The summed E-state index contributed by atoms with van der Waals surface area (Å²) in [5, 5.41) is 19.8. The summed E-state index contributed by atoms with van der Waals surface area (Å²) in [5.74, 6) is 0.345. The first-order valence-electron chi connectivity index (χ1n) is 11.6. The lowest BCUT2D eigenvalue weighted by molar-refractivity contribution is -0.385. The second-order valence-electron chi connectivity index (χ2n) is 9.20. The van der Waals surface area contributed by atoms with Crippen LogP contribution in [0.1, 0.15) is 25.0 Å². The molecule has 1 unspecified atom stereocenters. The summed E-state index contributed by atoms with van der Waals surface area (Å²) >= 11 is 6.52. The average molecular weight is 517 g/mol. The number of benzene rings is 1. The fraction of sp³-hybridized carbons (Fsp3) is 0.478. The summed E-state index contributed by atoms with van der Waals surface area (Å²) in [6.07, 6.45) is 2.78. The van der Waals surface area contributed by atoms with Gasteiger partial charge in [-0.15, -0.1) is 0 Å². The van der Waals surface area contributed by atoms with Crippen LogP contribution >= 0.6 is 11.6 Å². The van der Waals surface area contributed by atoms with Crippen LogP contribution in [0.3, 0.4) is 0 Å². The SMILES string of the molecule is N#Cc1nc(N2CCC(S(=O)(=O)c3ccc(N4CCN5CCC[C@H]5C4)cc3Cl)C2)ccc1[N+](=O)[O-]. The molecule has 5 rings (SSSR count). The third-order valence-corrected chi connectivity index (χ3v) is 9.90. The number of nitrogens with zero attached hydrogens (tertiary/aromatic N) is 6. The molecule has 0 radical (unpaired) electrons. The Morgan fingerprint density at radius 2 is 1.91 bits per heavy atom. The summed E-state index contributed by atoms with van der Waals surface area (Å²) in [7, 11) is -3.71. The van der Waals surface area contributed by atoms with E-state index in [1.54, 1.807) is 23.1 Å². The average Bonchev–Trinajstić information content (AvgIpc) is 3.53. The number of halogens is 1. The number of rotatable bonds is 5. The van der Waals surface area contributed by atoms with Gasteiger partial charge in [0.15, 0.2) is 9.84 Å². The van der Waals surface area contributed by atoms with Crippen molar-refractivity contribution in [2.45, 2.75) is 35.4 Å². The van der Waals surface area contributed by atoms with Crippen molar-refractivity contribution in [1.82, 2.24) is 9.88 Å². The van der Waals surface area contributed by atoms with Crippen molar-refractivity contribution < 1.29 is 13.3 Å². The minimum Gasteiger partial charge on any atom is -0.369 e. The van der Waals surface area contributed by atoms with Gasteiger partial charge in [0.1, 0.15) is 11.9 Å². The molecule has 3 saturated heterocycles. The largest absolute Gasteiger partial charge is 0.369 e. The number of pyridine rings is 1. The molecule has 0 N–H and O–H groups in total. The Balaban J connectivity index is 1.32. The van der Waals surface area contributed by atoms with E-state index in [1.807, 2.05) is 6.07 Å². The van der Waals surface area contributed by atoms with Crippen molar-refractivity contribution >= 4 is 38.6 Å². The van der Waals surface area contributed by atoms with Gasteiger partial charge in [0.25, 0.3) is 0 Å². The van der Waals surface area contributed by atoms with Crippen LogP contribution in [0.4, 0.5) is 17.2 Å². The lowest BCUT2D eigenvalue weighted by atomic mass is 10.1. The summed E-state index contributed by atoms with van der Waals surface area (Å²) in [5.41, 5.74) is 0.268. The van der Waals surface area contributed by atoms with Gasteiger partial charge in [-0.05, 0) is 50.1 Å². The highest BCUT2D eigenvalue weighted by Gasteiger charge is 2.37. The monoisotopic (exact) mass is 516 g/mol. The van der Waals surface area contributed by atoms with Crippen LogP contribution in [0, 0.1) is 21.4 Å². The second-order valence-corrected chi connectivity index (χ2v) is 11.8. The van der Waals surface area contributed by atoms with Crippen molar-refractivity contribution in [1.29, 1.82) is 5.26 Å². The van der Waals surface area contributed by atoms with Gasteiger partial charge in [-0.3, -0.25) is 15.0 Å². The number of nitriles is 1. The second kappa shape index (κ2) is 9.26. The quantitative estimate of drug-likeness (QED) is 0.435. The normalized spacial score (nSPS) is 22.7. The highest BCUT2D eigenvalue weighted by atomic mass is 35.5. The maximum atomic E-state index is 13.4. The number of hydrogen-bond acceptors (Lipinski definition) is 9. The topological polar surface area (TPSA) is 124 Å². The minimum atomic E-state index is -3.71. The van der Waals surface area contributed by atoms with Gasteiger partial charge >= 0.3 is 5.69 Å². The summed E-state index contributed by atoms with van der Waals surface area (Å²) in [6.45, 7) is 4.55. The first-order chi connectivity index (χ1) is 16.8. The highest BCUT2D eigenvalue weighted by Crippen LogP contribution is 2.34. The molecule has 1 aromatic carbocycles.